The highest BCUT2D eigenvalue weighted by atomic mass is 32.1. The van der Waals surface area contributed by atoms with Crippen LogP contribution in [0.25, 0.3) is 20.5 Å². The average Bonchev–Trinajstić information content (AvgIpc) is 3.01. The van der Waals surface area contributed by atoms with Crippen molar-refractivity contribution in [1.29, 1.82) is 0 Å². The summed E-state index contributed by atoms with van der Waals surface area (Å²) in [7, 11) is 0. The second kappa shape index (κ2) is 7.31. The molecule has 1 heterocycles. The molecule has 0 aliphatic heterocycles. The quantitative estimate of drug-likeness (QED) is 0.494. The number of hydrogen-bond donors (Lipinski definition) is 1. The number of halogens is 2. The van der Waals surface area contributed by atoms with Crippen molar-refractivity contribution >= 4 is 21.4 Å². The van der Waals surface area contributed by atoms with Gasteiger partial charge in [-0.3, -0.25) is 0 Å². The minimum absolute atomic E-state index is 0.240. The number of aromatic hydroxyl groups is 1. The van der Waals surface area contributed by atoms with Crippen LogP contribution in [0, 0.1) is 11.6 Å². The van der Waals surface area contributed by atoms with Crippen LogP contribution in [-0.4, -0.2) is 5.11 Å². The molecule has 1 N–H and O–H groups in total. The summed E-state index contributed by atoms with van der Waals surface area (Å²) in [5, 5.41) is 9.95. The van der Waals surface area contributed by atoms with E-state index in [0.717, 1.165) is 16.9 Å². The molecule has 3 aromatic rings. The highest BCUT2D eigenvalue weighted by Crippen LogP contribution is 2.38. The molecule has 126 valence electrons. The number of hydrogen-bond acceptors (Lipinski definition) is 2. The van der Waals surface area contributed by atoms with Gasteiger partial charge in [-0.15, -0.1) is 11.3 Å². The van der Waals surface area contributed by atoms with E-state index in [0.29, 0.717) is 5.39 Å². The molecule has 0 amide bonds. The van der Waals surface area contributed by atoms with Crippen LogP contribution < -0.4 is 0 Å². The topological polar surface area (TPSA) is 20.2 Å². The van der Waals surface area contributed by atoms with Gasteiger partial charge in [-0.25, -0.2) is 4.39 Å². The molecule has 0 saturated heterocycles. The zero-order chi connectivity index (χ0) is 17.1. The molecule has 0 atom stereocenters. The van der Waals surface area contributed by atoms with E-state index >= 15 is 0 Å². The van der Waals surface area contributed by atoms with Gasteiger partial charge in [0.1, 0.15) is 0 Å². The largest absolute Gasteiger partial charge is 0.505 e. The molecule has 4 heteroatoms. The SMILES string of the molecule is CCCCCCc1ccc(-c2cc3cc(O)c(F)c(F)c3s2)cc1. The normalized spacial score (nSPS) is 11.3. The Kier molecular flexibility index (Phi) is 5.14. The summed E-state index contributed by atoms with van der Waals surface area (Å²) in [5.41, 5.74) is 2.28. The van der Waals surface area contributed by atoms with Gasteiger partial charge in [-0.2, -0.15) is 4.39 Å². The summed E-state index contributed by atoms with van der Waals surface area (Å²) in [6, 6.07) is 11.3. The summed E-state index contributed by atoms with van der Waals surface area (Å²) < 4.78 is 27.6. The molecule has 0 fully saturated rings. The van der Waals surface area contributed by atoms with E-state index in [1.807, 2.05) is 12.1 Å². The lowest BCUT2D eigenvalue weighted by molar-refractivity contribution is 0.411. The lowest BCUT2D eigenvalue weighted by atomic mass is 10.0. The molecule has 3 rings (SSSR count). The minimum Gasteiger partial charge on any atom is -0.505 e. The molecule has 0 saturated carbocycles. The molecule has 0 radical (unpaired) electrons. The molecule has 1 aromatic heterocycles. The van der Waals surface area contributed by atoms with Gasteiger partial charge in [0, 0.05) is 4.88 Å². The van der Waals surface area contributed by atoms with Crippen molar-refractivity contribution in [2.45, 2.75) is 39.0 Å². The highest BCUT2D eigenvalue weighted by molar-refractivity contribution is 7.22. The van der Waals surface area contributed by atoms with Crippen molar-refractivity contribution in [2.24, 2.45) is 0 Å². The first kappa shape index (κ1) is 16.9. The predicted octanol–water partition coefficient (Wildman–Crippen LogP) is 6.67. The zero-order valence-electron chi connectivity index (χ0n) is 13.6. The van der Waals surface area contributed by atoms with Gasteiger partial charge < -0.3 is 5.11 Å². The molecular weight excluding hydrogens is 326 g/mol. The summed E-state index contributed by atoms with van der Waals surface area (Å²) in [6.07, 6.45) is 6.02. The number of phenolic OH excluding ortho intramolecular Hbond substituents is 1. The van der Waals surface area contributed by atoms with Gasteiger partial charge in [0.2, 0.25) is 5.82 Å². The number of rotatable bonds is 6. The smallest absolute Gasteiger partial charge is 0.201 e. The van der Waals surface area contributed by atoms with Crippen LogP contribution in [0.1, 0.15) is 38.2 Å². The zero-order valence-corrected chi connectivity index (χ0v) is 14.4. The second-order valence-corrected chi connectivity index (χ2v) is 7.11. The van der Waals surface area contributed by atoms with Crippen LogP contribution in [0.5, 0.6) is 5.75 Å². The molecule has 24 heavy (non-hydrogen) atoms. The molecule has 0 aliphatic rings. The summed E-state index contributed by atoms with van der Waals surface area (Å²) in [4.78, 5) is 0.867. The Morgan fingerprint density at radius 2 is 1.71 bits per heavy atom. The summed E-state index contributed by atoms with van der Waals surface area (Å²) in [6.45, 7) is 2.20. The molecule has 1 nitrogen and oxygen atoms in total. The maximum atomic E-state index is 13.9. The average molecular weight is 346 g/mol. The van der Waals surface area contributed by atoms with Gasteiger partial charge >= 0.3 is 0 Å². The lowest BCUT2D eigenvalue weighted by Crippen LogP contribution is -1.85. The summed E-state index contributed by atoms with van der Waals surface area (Å²) in [5.74, 6) is -2.81. The van der Waals surface area contributed by atoms with Crippen LogP contribution in [0.2, 0.25) is 0 Å². The van der Waals surface area contributed by atoms with Gasteiger partial charge in [0.25, 0.3) is 0 Å². The monoisotopic (exact) mass is 346 g/mol. The lowest BCUT2D eigenvalue weighted by Gasteiger charge is -2.03. The molecule has 0 bridgehead atoms. The van der Waals surface area contributed by atoms with Crippen molar-refractivity contribution in [3.63, 3.8) is 0 Å². The van der Waals surface area contributed by atoms with Crippen molar-refractivity contribution < 1.29 is 13.9 Å². The Labute approximate surface area is 144 Å². The third kappa shape index (κ3) is 3.44. The van der Waals surface area contributed by atoms with Gasteiger partial charge in [0.15, 0.2) is 11.6 Å². The van der Waals surface area contributed by atoms with E-state index in [9.17, 15) is 13.9 Å². The van der Waals surface area contributed by atoms with E-state index in [1.54, 1.807) is 6.07 Å². The Hall–Kier alpha value is -1.94. The van der Waals surface area contributed by atoms with Crippen molar-refractivity contribution in [2.75, 3.05) is 0 Å². The number of fused-ring (bicyclic) bond motifs is 1. The predicted molar refractivity (Wildman–Crippen MR) is 96.7 cm³/mol. The van der Waals surface area contributed by atoms with E-state index in [2.05, 4.69) is 19.1 Å². The number of unbranched alkanes of at least 4 members (excludes halogenated alkanes) is 3. The maximum absolute atomic E-state index is 13.9. The number of phenols is 1. The second-order valence-electron chi connectivity index (χ2n) is 6.06. The van der Waals surface area contributed by atoms with Crippen molar-refractivity contribution in [1.82, 2.24) is 0 Å². The van der Waals surface area contributed by atoms with E-state index in [1.165, 1.54) is 48.6 Å². The van der Waals surface area contributed by atoms with Crippen molar-refractivity contribution in [3.05, 3.63) is 53.6 Å². The van der Waals surface area contributed by atoms with Crippen LogP contribution in [0.15, 0.2) is 36.4 Å². The number of aryl methyl sites for hydroxylation is 1. The molecular formula is C20H20F2OS. The molecule has 0 spiro atoms. The Balaban J connectivity index is 1.81. The van der Waals surface area contributed by atoms with Crippen LogP contribution >= 0.6 is 11.3 Å². The molecule has 2 aromatic carbocycles. The van der Waals surface area contributed by atoms with E-state index < -0.39 is 17.4 Å². The molecule has 0 unspecified atom stereocenters. The van der Waals surface area contributed by atoms with Crippen LogP contribution in [-0.2, 0) is 6.42 Å². The van der Waals surface area contributed by atoms with Crippen molar-refractivity contribution in [3.8, 4) is 16.2 Å². The number of thiophene rings is 1. The third-order valence-electron chi connectivity index (χ3n) is 4.23. The third-order valence-corrected chi connectivity index (χ3v) is 5.42. The minimum atomic E-state index is -1.18. The van der Waals surface area contributed by atoms with Gasteiger partial charge in [-0.05, 0) is 41.5 Å². The first-order valence-electron chi connectivity index (χ1n) is 8.30. The highest BCUT2D eigenvalue weighted by Gasteiger charge is 2.16. The Morgan fingerprint density at radius 1 is 0.958 bits per heavy atom. The molecule has 0 aliphatic carbocycles. The number of benzene rings is 2. The fraction of sp³-hybridized carbons (Fsp3) is 0.300. The van der Waals surface area contributed by atoms with E-state index in [4.69, 9.17) is 0 Å². The maximum Gasteiger partial charge on any atom is 0.201 e. The Morgan fingerprint density at radius 3 is 2.42 bits per heavy atom. The van der Waals surface area contributed by atoms with Gasteiger partial charge in [-0.1, -0.05) is 50.5 Å². The van der Waals surface area contributed by atoms with E-state index in [-0.39, 0.29) is 4.70 Å². The first-order chi connectivity index (χ1) is 11.6. The summed E-state index contributed by atoms with van der Waals surface area (Å²) >= 11 is 1.20. The van der Waals surface area contributed by atoms with Crippen LogP contribution in [0.3, 0.4) is 0 Å². The first-order valence-corrected chi connectivity index (χ1v) is 9.11. The Bertz CT molecular complexity index is 837. The van der Waals surface area contributed by atoms with Crippen LogP contribution in [0.4, 0.5) is 8.78 Å². The fourth-order valence-electron chi connectivity index (χ4n) is 2.84. The fourth-order valence-corrected chi connectivity index (χ4v) is 3.92. The standard InChI is InChI=1S/C20H20F2OS/c1-2-3-4-5-6-13-7-9-14(10-8-13)17-12-15-11-16(23)18(21)19(22)20(15)24-17/h7-12,23H,2-6H2,1H3. The van der Waals surface area contributed by atoms with Gasteiger partial charge in [0.05, 0.1) is 4.70 Å².